The average molecular weight is 475 g/mol. The maximum Gasteiger partial charge on any atom is 0.256 e. The van der Waals surface area contributed by atoms with E-state index >= 15 is 0 Å². The first-order valence-electron chi connectivity index (χ1n) is 10.8. The minimum atomic E-state index is -0.505. The molecule has 1 aliphatic rings. The molecule has 0 aliphatic carbocycles. The van der Waals surface area contributed by atoms with E-state index in [-0.39, 0.29) is 11.5 Å². The van der Waals surface area contributed by atoms with Gasteiger partial charge in [-0.05, 0) is 37.5 Å². The molecule has 4 rings (SSSR count). The lowest BCUT2D eigenvalue weighted by atomic mass is 10.1. The molecule has 10 heteroatoms. The van der Waals surface area contributed by atoms with Crippen molar-refractivity contribution < 1.29 is 9.18 Å². The van der Waals surface area contributed by atoms with Crippen LogP contribution in [0.5, 0.6) is 0 Å². The van der Waals surface area contributed by atoms with Crippen molar-refractivity contribution in [2.24, 2.45) is 5.92 Å². The van der Waals surface area contributed by atoms with E-state index in [1.54, 1.807) is 35.1 Å². The molecule has 1 amide bonds. The highest BCUT2D eigenvalue weighted by molar-refractivity contribution is 7.98. The molecule has 3 heterocycles. The van der Waals surface area contributed by atoms with Gasteiger partial charge in [-0.15, -0.1) is 11.8 Å². The van der Waals surface area contributed by atoms with Gasteiger partial charge in [0.2, 0.25) is 5.95 Å². The van der Waals surface area contributed by atoms with E-state index in [1.807, 2.05) is 6.26 Å². The number of carbonyl (C=O) groups excluding carboxylic acids is 1. The van der Waals surface area contributed by atoms with Crippen LogP contribution in [0.15, 0.2) is 29.4 Å². The van der Waals surface area contributed by atoms with E-state index < -0.39 is 5.82 Å². The van der Waals surface area contributed by atoms with Gasteiger partial charge in [0.15, 0.2) is 5.13 Å². The van der Waals surface area contributed by atoms with Crippen LogP contribution in [0.1, 0.15) is 36.5 Å². The molecule has 2 N–H and O–H groups in total. The average Bonchev–Trinajstić information content (AvgIpc) is 3.23. The molecule has 1 aromatic carbocycles. The lowest BCUT2D eigenvalue weighted by Gasteiger charge is -2.26. The number of hydrogen-bond donors (Lipinski definition) is 2. The maximum atomic E-state index is 14.6. The fraction of sp³-hybridized carbons (Fsp3) is 0.455. The van der Waals surface area contributed by atoms with E-state index in [1.165, 1.54) is 17.4 Å². The van der Waals surface area contributed by atoms with Crippen molar-refractivity contribution in [3.05, 3.63) is 35.9 Å². The molecule has 32 heavy (non-hydrogen) atoms. The standard InChI is InChI=1S/C22H27FN6OS2/c1-14(10-24-21-25-12-15(31-2)13-26-21)11-27-22-28-18-9-17(23)16(8-19(18)32-22)20(30)29-6-4-3-5-7-29/h8-9,12-14H,3-7,10-11H2,1-2H3,(H,27,28)(H,24,25,26)/t14-/m0/s1. The second-order valence-corrected chi connectivity index (χ2v) is 9.90. The Morgan fingerprint density at radius 1 is 1.19 bits per heavy atom. The summed E-state index contributed by atoms with van der Waals surface area (Å²) in [5.41, 5.74) is 0.706. The van der Waals surface area contributed by atoms with Gasteiger partial charge in [0.05, 0.1) is 15.8 Å². The largest absolute Gasteiger partial charge is 0.361 e. The zero-order chi connectivity index (χ0) is 22.5. The third kappa shape index (κ3) is 5.47. The summed E-state index contributed by atoms with van der Waals surface area (Å²) >= 11 is 3.04. The molecule has 1 saturated heterocycles. The zero-order valence-corrected chi connectivity index (χ0v) is 19.9. The predicted octanol–water partition coefficient (Wildman–Crippen LogP) is 4.73. The number of rotatable bonds is 8. The van der Waals surface area contributed by atoms with Crippen LogP contribution in [0.3, 0.4) is 0 Å². The summed E-state index contributed by atoms with van der Waals surface area (Å²) in [5.74, 6) is 0.171. The van der Waals surface area contributed by atoms with Crippen molar-refractivity contribution in [1.82, 2.24) is 19.9 Å². The predicted molar refractivity (Wildman–Crippen MR) is 129 cm³/mol. The van der Waals surface area contributed by atoms with Crippen molar-refractivity contribution in [2.45, 2.75) is 31.1 Å². The minimum absolute atomic E-state index is 0.139. The number of fused-ring (bicyclic) bond motifs is 1. The number of halogens is 1. The smallest absolute Gasteiger partial charge is 0.256 e. The number of thioether (sulfide) groups is 1. The van der Waals surface area contributed by atoms with Crippen LogP contribution in [-0.2, 0) is 0 Å². The molecule has 0 radical (unpaired) electrons. The molecule has 1 fully saturated rings. The number of amides is 1. The Hall–Kier alpha value is -2.46. The van der Waals surface area contributed by atoms with Crippen LogP contribution in [-0.4, -0.2) is 58.2 Å². The molecule has 1 atom stereocenters. The number of hydrogen-bond acceptors (Lipinski definition) is 8. The molecular formula is C22H27FN6OS2. The second-order valence-electron chi connectivity index (χ2n) is 7.99. The lowest BCUT2D eigenvalue weighted by Crippen LogP contribution is -2.36. The van der Waals surface area contributed by atoms with Crippen LogP contribution in [0.2, 0.25) is 0 Å². The van der Waals surface area contributed by atoms with Gasteiger partial charge < -0.3 is 15.5 Å². The van der Waals surface area contributed by atoms with Gasteiger partial charge in [-0.1, -0.05) is 18.3 Å². The molecule has 0 saturated carbocycles. The van der Waals surface area contributed by atoms with Crippen LogP contribution >= 0.6 is 23.1 Å². The normalized spacial score (nSPS) is 15.0. The molecular weight excluding hydrogens is 447 g/mol. The summed E-state index contributed by atoms with van der Waals surface area (Å²) in [6.45, 7) is 4.91. The van der Waals surface area contributed by atoms with Gasteiger partial charge in [-0.2, -0.15) is 0 Å². The summed E-state index contributed by atoms with van der Waals surface area (Å²) in [4.78, 5) is 28.6. The van der Waals surface area contributed by atoms with Crippen molar-refractivity contribution in [3.8, 4) is 0 Å². The molecule has 170 valence electrons. The highest BCUT2D eigenvalue weighted by Gasteiger charge is 2.22. The van der Waals surface area contributed by atoms with E-state index in [4.69, 9.17) is 0 Å². The topological polar surface area (TPSA) is 83.0 Å². The summed E-state index contributed by atoms with van der Waals surface area (Å²) in [6, 6.07) is 3.01. The monoisotopic (exact) mass is 474 g/mol. The van der Waals surface area contributed by atoms with Crippen LogP contribution < -0.4 is 10.6 Å². The van der Waals surface area contributed by atoms with Crippen molar-refractivity contribution in [3.63, 3.8) is 0 Å². The Morgan fingerprint density at radius 3 is 2.62 bits per heavy atom. The molecule has 2 aromatic heterocycles. The van der Waals surface area contributed by atoms with E-state index in [2.05, 4.69) is 32.5 Å². The Balaban J connectivity index is 1.35. The quantitative estimate of drug-likeness (QED) is 0.457. The molecule has 1 aliphatic heterocycles. The van der Waals surface area contributed by atoms with Gasteiger partial charge >= 0.3 is 0 Å². The van der Waals surface area contributed by atoms with Gasteiger partial charge in [0.25, 0.3) is 5.91 Å². The molecule has 0 spiro atoms. The fourth-order valence-electron chi connectivity index (χ4n) is 3.57. The SMILES string of the molecule is CSc1cnc(NC[C@H](C)CNc2nc3cc(F)c(C(=O)N4CCCCC4)cc3s2)nc1. The third-order valence-corrected chi connectivity index (χ3v) is 7.08. The minimum Gasteiger partial charge on any atom is -0.361 e. The van der Waals surface area contributed by atoms with Crippen molar-refractivity contribution in [2.75, 3.05) is 43.1 Å². The van der Waals surface area contributed by atoms with Crippen molar-refractivity contribution >= 4 is 50.3 Å². The number of nitrogens with one attached hydrogen (secondary N) is 2. The number of anilines is 2. The zero-order valence-electron chi connectivity index (χ0n) is 18.2. The number of benzene rings is 1. The third-order valence-electron chi connectivity index (χ3n) is 5.43. The van der Waals surface area contributed by atoms with Gasteiger partial charge in [-0.25, -0.2) is 19.3 Å². The van der Waals surface area contributed by atoms with Gasteiger partial charge in [0.1, 0.15) is 5.82 Å². The molecule has 0 unspecified atom stereocenters. The molecule has 3 aromatic rings. The summed E-state index contributed by atoms with van der Waals surface area (Å²) in [6.07, 6.45) is 8.67. The van der Waals surface area contributed by atoms with Crippen LogP contribution in [0, 0.1) is 11.7 Å². The molecule has 7 nitrogen and oxygen atoms in total. The first-order chi connectivity index (χ1) is 15.5. The van der Waals surface area contributed by atoms with Gasteiger partial charge in [0, 0.05) is 49.5 Å². The first-order valence-corrected chi connectivity index (χ1v) is 12.8. The Bertz CT molecular complexity index is 1070. The van der Waals surface area contributed by atoms with E-state index in [0.29, 0.717) is 43.6 Å². The van der Waals surface area contributed by atoms with Gasteiger partial charge in [-0.3, -0.25) is 4.79 Å². The number of thiazole rings is 1. The number of likely N-dealkylation sites (tertiary alicyclic amines) is 1. The Kier molecular flexibility index (Phi) is 7.41. The summed E-state index contributed by atoms with van der Waals surface area (Å²) in [7, 11) is 0. The van der Waals surface area contributed by atoms with Crippen LogP contribution in [0.4, 0.5) is 15.5 Å². The van der Waals surface area contributed by atoms with Crippen molar-refractivity contribution in [1.29, 1.82) is 0 Å². The Morgan fingerprint density at radius 2 is 1.91 bits per heavy atom. The number of nitrogens with zero attached hydrogens (tertiary/aromatic N) is 4. The highest BCUT2D eigenvalue weighted by atomic mass is 32.2. The summed E-state index contributed by atoms with van der Waals surface area (Å²) in [5, 5.41) is 7.28. The van der Waals surface area contributed by atoms with E-state index in [0.717, 1.165) is 34.0 Å². The second kappa shape index (κ2) is 10.4. The first kappa shape index (κ1) is 22.7. The van der Waals surface area contributed by atoms with E-state index in [9.17, 15) is 9.18 Å². The fourth-order valence-corrected chi connectivity index (χ4v) is 4.78. The number of piperidine rings is 1. The molecule has 0 bridgehead atoms. The lowest BCUT2D eigenvalue weighted by molar-refractivity contribution is 0.0720. The Labute approximate surface area is 195 Å². The maximum absolute atomic E-state index is 14.6. The number of aromatic nitrogens is 3. The van der Waals surface area contributed by atoms with Crippen LogP contribution in [0.25, 0.3) is 10.2 Å². The summed E-state index contributed by atoms with van der Waals surface area (Å²) < 4.78 is 15.4. The highest BCUT2D eigenvalue weighted by Crippen LogP contribution is 2.29. The number of carbonyl (C=O) groups is 1.